The predicted molar refractivity (Wildman–Crippen MR) is 77.1 cm³/mol. The number of hydrogen-bond acceptors (Lipinski definition) is 3. The molecule has 1 saturated heterocycles. The molecule has 2 N–H and O–H groups in total. The minimum Gasteiger partial charge on any atom is -0.481 e. The molecule has 1 heterocycles. The Morgan fingerprint density at radius 3 is 2.62 bits per heavy atom. The van der Waals surface area contributed by atoms with Gasteiger partial charge in [-0.15, -0.1) is 0 Å². The molecular weight excluding hydrogens is 294 g/mol. The van der Waals surface area contributed by atoms with Crippen molar-refractivity contribution >= 4 is 29.3 Å². The van der Waals surface area contributed by atoms with E-state index in [2.05, 4.69) is 5.32 Å². The highest BCUT2D eigenvalue weighted by molar-refractivity contribution is 6.31. The predicted octanol–water partition coefficient (Wildman–Crippen LogP) is 2.54. The molecule has 0 bridgehead atoms. The Balaban J connectivity index is 2.01. The molecule has 110 valence electrons. The fourth-order valence-electron chi connectivity index (χ4n) is 2.24. The van der Waals surface area contributed by atoms with Gasteiger partial charge >= 0.3 is 12.0 Å². The number of nitriles is 1. The van der Waals surface area contributed by atoms with Gasteiger partial charge in [-0.1, -0.05) is 11.6 Å². The number of piperidine rings is 1. The van der Waals surface area contributed by atoms with Gasteiger partial charge in [0.2, 0.25) is 0 Å². The van der Waals surface area contributed by atoms with Crippen LogP contribution in [0.3, 0.4) is 0 Å². The molecule has 0 unspecified atom stereocenters. The maximum Gasteiger partial charge on any atom is 0.321 e. The number of carboxylic acids is 1. The quantitative estimate of drug-likeness (QED) is 0.878. The van der Waals surface area contributed by atoms with E-state index in [0.717, 1.165) is 0 Å². The summed E-state index contributed by atoms with van der Waals surface area (Å²) >= 11 is 5.86. The van der Waals surface area contributed by atoms with Gasteiger partial charge in [0.25, 0.3) is 0 Å². The minimum absolute atomic E-state index is 0.327. The molecule has 1 aromatic rings. The number of benzene rings is 1. The maximum absolute atomic E-state index is 12.1. The number of rotatable bonds is 2. The minimum atomic E-state index is -0.823. The van der Waals surface area contributed by atoms with Crippen molar-refractivity contribution in [1.82, 2.24) is 4.90 Å². The van der Waals surface area contributed by atoms with Crippen molar-refractivity contribution < 1.29 is 14.7 Å². The lowest BCUT2D eigenvalue weighted by atomic mass is 9.97. The monoisotopic (exact) mass is 307 g/mol. The van der Waals surface area contributed by atoms with E-state index in [-0.39, 0.29) is 6.03 Å². The molecule has 1 aromatic carbocycles. The maximum atomic E-state index is 12.1. The molecule has 1 fully saturated rings. The summed E-state index contributed by atoms with van der Waals surface area (Å²) in [4.78, 5) is 24.6. The first kappa shape index (κ1) is 15.1. The van der Waals surface area contributed by atoms with Crippen LogP contribution in [0.15, 0.2) is 18.2 Å². The van der Waals surface area contributed by atoms with Crippen LogP contribution in [0.25, 0.3) is 0 Å². The van der Waals surface area contributed by atoms with Gasteiger partial charge in [-0.2, -0.15) is 5.26 Å². The Morgan fingerprint density at radius 1 is 1.38 bits per heavy atom. The van der Waals surface area contributed by atoms with Crippen molar-refractivity contribution in [3.8, 4) is 6.07 Å². The average Bonchev–Trinajstić information content (AvgIpc) is 2.47. The molecule has 0 spiro atoms. The van der Waals surface area contributed by atoms with Gasteiger partial charge < -0.3 is 15.3 Å². The number of hydrogen-bond donors (Lipinski definition) is 2. The van der Waals surface area contributed by atoms with Gasteiger partial charge in [-0.3, -0.25) is 4.79 Å². The SMILES string of the molecule is N#Cc1ccc(Cl)cc1NC(=O)N1CCC(C(=O)O)CC1. The summed E-state index contributed by atoms with van der Waals surface area (Å²) in [6.07, 6.45) is 0.868. The Bertz CT molecular complexity index is 604. The molecule has 21 heavy (non-hydrogen) atoms. The molecule has 0 radical (unpaired) electrons. The third kappa shape index (κ3) is 3.64. The first-order chi connectivity index (χ1) is 10.0. The van der Waals surface area contributed by atoms with Crippen LogP contribution in [0.5, 0.6) is 0 Å². The highest BCUT2D eigenvalue weighted by atomic mass is 35.5. The number of amides is 2. The fourth-order valence-corrected chi connectivity index (χ4v) is 2.41. The van der Waals surface area contributed by atoms with Crippen molar-refractivity contribution in [2.24, 2.45) is 5.92 Å². The molecular formula is C14H14ClN3O3. The van der Waals surface area contributed by atoms with Crippen LogP contribution in [0, 0.1) is 17.2 Å². The largest absolute Gasteiger partial charge is 0.481 e. The van der Waals surface area contributed by atoms with Gasteiger partial charge in [0.05, 0.1) is 17.2 Å². The number of halogens is 1. The number of nitrogens with one attached hydrogen (secondary N) is 1. The zero-order valence-corrected chi connectivity index (χ0v) is 11.9. The molecule has 7 heteroatoms. The number of urea groups is 1. The number of carbonyl (C=O) groups excluding carboxylic acids is 1. The summed E-state index contributed by atoms with van der Waals surface area (Å²) in [7, 11) is 0. The topological polar surface area (TPSA) is 93.4 Å². The first-order valence-electron chi connectivity index (χ1n) is 6.49. The van der Waals surface area contributed by atoms with Crippen molar-refractivity contribution in [2.75, 3.05) is 18.4 Å². The number of anilines is 1. The Kier molecular flexibility index (Phi) is 4.66. The van der Waals surface area contributed by atoms with Crippen molar-refractivity contribution in [3.63, 3.8) is 0 Å². The van der Waals surface area contributed by atoms with Gasteiger partial charge in [0, 0.05) is 18.1 Å². The Labute approximate surface area is 126 Å². The molecule has 0 aliphatic carbocycles. The summed E-state index contributed by atoms with van der Waals surface area (Å²) in [6, 6.07) is 6.26. The fraction of sp³-hybridized carbons (Fsp3) is 0.357. The van der Waals surface area contributed by atoms with Crippen LogP contribution in [-0.2, 0) is 4.79 Å². The lowest BCUT2D eigenvalue weighted by molar-refractivity contribution is -0.143. The van der Waals surface area contributed by atoms with E-state index in [1.165, 1.54) is 12.1 Å². The van der Waals surface area contributed by atoms with Crippen LogP contribution in [-0.4, -0.2) is 35.1 Å². The molecule has 0 aromatic heterocycles. The standard InChI is InChI=1S/C14H14ClN3O3/c15-11-2-1-10(8-16)12(7-11)17-14(21)18-5-3-9(4-6-18)13(19)20/h1-2,7,9H,3-6H2,(H,17,21)(H,19,20). The van der Waals surface area contributed by atoms with Crippen LogP contribution in [0.4, 0.5) is 10.5 Å². The normalized spacial score (nSPS) is 15.3. The zero-order chi connectivity index (χ0) is 15.4. The highest BCUT2D eigenvalue weighted by Gasteiger charge is 2.27. The molecule has 0 atom stereocenters. The van der Waals surface area contributed by atoms with Gasteiger partial charge in [0.15, 0.2) is 0 Å². The molecule has 1 aliphatic rings. The smallest absolute Gasteiger partial charge is 0.321 e. The van der Waals surface area contributed by atoms with Crippen molar-refractivity contribution in [3.05, 3.63) is 28.8 Å². The van der Waals surface area contributed by atoms with E-state index in [9.17, 15) is 9.59 Å². The second kappa shape index (κ2) is 6.46. The third-order valence-electron chi connectivity index (χ3n) is 3.48. The van der Waals surface area contributed by atoms with Crippen molar-refractivity contribution in [1.29, 1.82) is 5.26 Å². The van der Waals surface area contributed by atoms with Crippen LogP contribution < -0.4 is 5.32 Å². The summed E-state index contributed by atoms with van der Waals surface area (Å²) in [5, 5.41) is 21.0. The van der Waals surface area contributed by atoms with E-state index in [1.54, 1.807) is 11.0 Å². The van der Waals surface area contributed by atoms with Gasteiger partial charge in [-0.05, 0) is 31.0 Å². The number of aliphatic carboxylic acids is 1. The number of carboxylic acid groups (broad SMARTS) is 1. The zero-order valence-electron chi connectivity index (χ0n) is 11.2. The second-order valence-corrected chi connectivity index (χ2v) is 5.27. The number of likely N-dealkylation sites (tertiary alicyclic amines) is 1. The Morgan fingerprint density at radius 2 is 2.05 bits per heavy atom. The second-order valence-electron chi connectivity index (χ2n) is 4.83. The van der Waals surface area contributed by atoms with E-state index < -0.39 is 11.9 Å². The highest BCUT2D eigenvalue weighted by Crippen LogP contribution is 2.22. The molecule has 2 amide bonds. The van der Waals surface area contributed by atoms with E-state index in [4.69, 9.17) is 22.0 Å². The van der Waals surface area contributed by atoms with E-state index >= 15 is 0 Å². The number of nitrogens with zero attached hydrogens (tertiary/aromatic N) is 2. The van der Waals surface area contributed by atoms with Crippen LogP contribution >= 0.6 is 11.6 Å². The summed E-state index contributed by atoms with van der Waals surface area (Å²) in [5.74, 6) is -1.22. The van der Waals surface area contributed by atoms with Gasteiger partial charge in [-0.25, -0.2) is 4.79 Å². The van der Waals surface area contributed by atoms with Crippen LogP contribution in [0.1, 0.15) is 18.4 Å². The summed E-state index contributed by atoms with van der Waals surface area (Å²) in [5.41, 5.74) is 0.684. The van der Waals surface area contributed by atoms with Crippen molar-refractivity contribution in [2.45, 2.75) is 12.8 Å². The average molecular weight is 308 g/mol. The third-order valence-corrected chi connectivity index (χ3v) is 3.71. The lowest BCUT2D eigenvalue weighted by Crippen LogP contribution is -2.42. The molecule has 0 saturated carbocycles. The first-order valence-corrected chi connectivity index (χ1v) is 6.87. The molecule has 6 nitrogen and oxygen atoms in total. The molecule has 1 aliphatic heterocycles. The lowest BCUT2D eigenvalue weighted by Gasteiger charge is -2.30. The van der Waals surface area contributed by atoms with Crippen LogP contribution in [0.2, 0.25) is 5.02 Å². The Hall–Kier alpha value is -2.26. The van der Waals surface area contributed by atoms with Gasteiger partial charge in [0.1, 0.15) is 6.07 Å². The van der Waals surface area contributed by atoms with E-state index in [0.29, 0.717) is 42.2 Å². The molecule has 2 rings (SSSR count). The van der Waals surface area contributed by atoms with E-state index in [1.807, 2.05) is 6.07 Å². The number of carbonyl (C=O) groups is 2. The summed E-state index contributed by atoms with van der Waals surface area (Å²) in [6.45, 7) is 0.760. The summed E-state index contributed by atoms with van der Waals surface area (Å²) < 4.78 is 0.